The van der Waals surface area contributed by atoms with E-state index in [-0.39, 0.29) is 28.3 Å². The molecule has 0 fully saturated rings. The van der Waals surface area contributed by atoms with E-state index in [1.54, 1.807) is 11.8 Å². The molecule has 0 aliphatic rings. The molecule has 0 heterocycles. The van der Waals surface area contributed by atoms with Gasteiger partial charge in [-0.25, -0.2) is 8.42 Å². The molecular weight excluding hydrogens is 420 g/mol. The highest BCUT2D eigenvalue weighted by molar-refractivity contribution is 7.98. The Bertz CT molecular complexity index is 933. The normalized spacial score (nSPS) is 12.6. The van der Waals surface area contributed by atoms with Crippen LogP contribution in [-0.4, -0.2) is 45.6 Å². The molecule has 28 heavy (non-hydrogen) atoms. The van der Waals surface area contributed by atoms with Crippen LogP contribution in [0.1, 0.15) is 18.5 Å². The zero-order valence-corrected chi connectivity index (χ0v) is 18.5. The van der Waals surface area contributed by atoms with Crippen LogP contribution in [0.2, 0.25) is 5.02 Å². The predicted molar refractivity (Wildman–Crippen MR) is 113 cm³/mol. The topological polar surface area (TPSA) is 75.7 Å². The molecule has 1 amide bonds. The molecule has 0 radical (unpaired) electrons. The molecule has 2 rings (SSSR count). The molecule has 2 aromatic carbocycles. The Morgan fingerprint density at radius 3 is 2.46 bits per heavy atom. The highest BCUT2D eigenvalue weighted by Crippen LogP contribution is 2.29. The number of nitrogens with zero attached hydrogens (tertiary/aromatic N) is 1. The van der Waals surface area contributed by atoms with Crippen LogP contribution in [0, 0.1) is 0 Å². The molecule has 0 saturated carbocycles. The number of halogens is 1. The standard InChI is InChI=1S/C19H23ClN2O4S2/c1-13(14-5-8-16(27-4)9-6-14)21-19(23)12-22(2)28(24,25)18-11-15(20)7-10-17(18)26-3/h5-11,13H,12H2,1-4H3,(H,21,23). The number of rotatable bonds is 8. The van der Waals surface area contributed by atoms with E-state index in [0.717, 1.165) is 14.8 Å². The van der Waals surface area contributed by atoms with Crippen molar-refractivity contribution in [3.8, 4) is 5.75 Å². The first-order valence-corrected chi connectivity index (χ1v) is 11.5. The fourth-order valence-corrected chi connectivity index (χ4v) is 4.52. The summed E-state index contributed by atoms with van der Waals surface area (Å²) in [5, 5.41) is 3.08. The predicted octanol–water partition coefficient (Wildman–Crippen LogP) is 3.57. The molecule has 1 atom stereocenters. The van der Waals surface area contributed by atoms with Crippen molar-refractivity contribution < 1.29 is 17.9 Å². The van der Waals surface area contributed by atoms with Crippen molar-refractivity contribution in [2.75, 3.05) is 27.0 Å². The number of hydrogen-bond donors (Lipinski definition) is 1. The monoisotopic (exact) mass is 442 g/mol. The summed E-state index contributed by atoms with van der Waals surface area (Å²) in [4.78, 5) is 13.4. The van der Waals surface area contributed by atoms with Gasteiger partial charge in [0.05, 0.1) is 19.7 Å². The van der Waals surface area contributed by atoms with Crippen molar-refractivity contribution in [3.63, 3.8) is 0 Å². The summed E-state index contributed by atoms with van der Waals surface area (Å²) in [5.41, 5.74) is 0.938. The number of ether oxygens (including phenoxy) is 1. The molecule has 0 aromatic heterocycles. The third-order valence-electron chi connectivity index (χ3n) is 4.17. The van der Waals surface area contributed by atoms with Gasteiger partial charge in [-0.2, -0.15) is 4.31 Å². The molecule has 9 heteroatoms. The van der Waals surface area contributed by atoms with Crippen molar-refractivity contribution in [1.82, 2.24) is 9.62 Å². The first-order chi connectivity index (χ1) is 13.2. The minimum absolute atomic E-state index is 0.0847. The lowest BCUT2D eigenvalue weighted by Gasteiger charge is -2.20. The van der Waals surface area contributed by atoms with Gasteiger partial charge in [0.2, 0.25) is 15.9 Å². The maximum Gasteiger partial charge on any atom is 0.247 e. The fraction of sp³-hybridized carbons (Fsp3) is 0.316. The average Bonchev–Trinajstić information content (AvgIpc) is 2.67. The second kappa shape index (κ2) is 9.65. The maximum atomic E-state index is 12.8. The average molecular weight is 443 g/mol. The Morgan fingerprint density at radius 1 is 1.25 bits per heavy atom. The van der Waals surface area contributed by atoms with Gasteiger partial charge < -0.3 is 10.1 Å². The van der Waals surface area contributed by atoms with E-state index in [1.165, 1.54) is 32.4 Å². The van der Waals surface area contributed by atoms with Crippen LogP contribution >= 0.6 is 23.4 Å². The quantitative estimate of drug-likeness (QED) is 0.632. The van der Waals surface area contributed by atoms with Crippen molar-refractivity contribution in [1.29, 1.82) is 0 Å². The first-order valence-electron chi connectivity index (χ1n) is 8.42. The summed E-state index contributed by atoms with van der Waals surface area (Å²) in [5.74, 6) is -0.243. The number of methoxy groups -OCH3 is 1. The molecule has 6 nitrogen and oxygen atoms in total. The summed E-state index contributed by atoms with van der Waals surface area (Å²) in [7, 11) is -1.23. The van der Waals surface area contributed by atoms with Gasteiger partial charge in [0.25, 0.3) is 0 Å². The van der Waals surface area contributed by atoms with E-state index in [0.29, 0.717) is 0 Å². The van der Waals surface area contributed by atoms with Crippen LogP contribution in [-0.2, 0) is 14.8 Å². The van der Waals surface area contributed by atoms with Gasteiger partial charge in [0.15, 0.2) is 0 Å². The third-order valence-corrected chi connectivity index (χ3v) is 6.98. The number of likely N-dealkylation sites (N-methyl/N-ethyl adjacent to an activating group) is 1. The Labute approximate surface area is 175 Å². The summed E-state index contributed by atoms with van der Waals surface area (Å²) >= 11 is 7.56. The molecule has 0 spiro atoms. The summed E-state index contributed by atoms with van der Waals surface area (Å²) in [6.07, 6.45) is 1.99. The van der Waals surface area contributed by atoms with Gasteiger partial charge in [-0.05, 0) is 49.1 Å². The molecule has 0 aliphatic carbocycles. The maximum absolute atomic E-state index is 12.8. The highest BCUT2D eigenvalue weighted by atomic mass is 35.5. The second-order valence-corrected chi connectivity index (χ2v) is 9.45. The molecule has 1 unspecified atom stereocenters. The zero-order chi connectivity index (χ0) is 20.9. The SMILES string of the molecule is COc1ccc(Cl)cc1S(=O)(=O)N(C)CC(=O)NC(C)c1ccc(SC)cc1. The minimum atomic E-state index is -3.95. The highest BCUT2D eigenvalue weighted by Gasteiger charge is 2.27. The van der Waals surface area contributed by atoms with Crippen LogP contribution in [0.5, 0.6) is 5.75 Å². The van der Waals surface area contributed by atoms with Gasteiger partial charge in [-0.15, -0.1) is 11.8 Å². The van der Waals surface area contributed by atoms with Crippen molar-refractivity contribution in [2.45, 2.75) is 22.8 Å². The number of hydrogen-bond acceptors (Lipinski definition) is 5. The second-order valence-electron chi connectivity index (χ2n) is 6.12. The van der Waals surface area contributed by atoms with Crippen LogP contribution in [0.25, 0.3) is 0 Å². The lowest BCUT2D eigenvalue weighted by Crippen LogP contribution is -2.39. The summed E-state index contributed by atoms with van der Waals surface area (Å²) in [6, 6.07) is 11.9. The Balaban J connectivity index is 2.09. The molecule has 1 N–H and O–H groups in total. The van der Waals surface area contributed by atoms with E-state index in [2.05, 4.69) is 5.32 Å². The number of carbonyl (C=O) groups is 1. The summed E-state index contributed by atoms with van der Waals surface area (Å²) in [6.45, 7) is 1.52. The number of thioether (sulfide) groups is 1. The third kappa shape index (κ3) is 5.41. The molecule has 0 saturated heterocycles. The van der Waals surface area contributed by atoms with Crippen molar-refractivity contribution in [2.24, 2.45) is 0 Å². The van der Waals surface area contributed by atoms with Crippen LogP contribution in [0.4, 0.5) is 0 Å². The molecule has 0 aliphatic heterocycles. The van der Waals surface area contributed by atoms with Crippen LogP contribution < -0.4 is 10.1 Å². The van der Waals surface area contributed by atoms with Gasteiger partial charge in [0.1, 0.15) is 10.6 Å². The molecule has 2 aromatic rings. The smallest absolute Gasteiger partial charge is 0.247 e. The minimum Gasteiger partial charge on any atom is -0.495 e. The van der Waals surface area contributed by atoms with Gasteiger partial charge in [-0.3, -0.25) is 4.79 Å². The number of sulfonamides is 1. The number of amides is 1. The first kappa shape index (κ1) is 22.5. The Morgan fingerprint density at radius 2 is 1.89 bits per heavy atom. The zero-order valence-electron chi connectivity index (χ0n) is 16.1. The van der Waals surface area contributed by atoms with Gasteiger partial charge in [0, 0.05) is 17.0 Å². The van der Waals surface area contributed by atoms with E-state index in [1.807, 2.05) is 37.4 Å². The largest absolute Gasteiger partial charge is 0.495 e. The van der Waals surface area contributed by atoms with Crippen LogP contribution in [0.15, 0.2) is 52.3 Å². The summed E-state index contributed by atoms with van der Waals surface area (Å²) < 4.78 is 31.8. The lowest BCUT2D eigenvalue weighted by atomic mass is 10.1. The van der Waals surface area contributed by atoms with Gasteiger partial charge in [-0.1, -0.05) is 23.7 Å². The Hall–Kier alpha value is -1.74. The van der Waals surface area contributed by atoms with E-state index < -0.39 is 15.9 Å². The molecular formula is C19H23ClN2O4S2. The molecule has 0 bridgehead atoms. The number of benzene rings is 2. The van der Waals surface area contributed by atoms with Gasteiger partial charge >= 0.3 is 0 Å². The number of nitrogens with one attached hydrogen (secondary N) is 1. The van der Waals surface area contributed by atoms with E-state index in [9.17, 15) is 13.2 Å². The van der Waals surface area contributed by atoms with Crippen LogP contribution in [0.3, 0.4) is 0 Å². The van der Waals surface area contributed by atoms with Crippen molar-refractivity contribution in [3.05, 3.63) is 53.1 Å². The molecule has 152 valence electrons. The van der Waals surface area contributed by atoms with E-state index in [4.69, 9.17) is 16.3 Å². The Kier molecular flexibility index (Phi) is 7.77. The van der Waals surface area contributed by atoms with Crippen molar-refractivity contribution >= 4 is 39.3 Å². The van der Waals surface area contributed by atoms with E-state index >= 15 is 0 Å². The fourth-order valence-electron chi connectivity index (χ4n) is 2.57. The number of carbonyl (C=O) groups excluding carboxylic acids is 1. The lowest BCUT2D eigenvalue weighted by molar-refractivity contribution is -0.121.